The molecule has 1 unspecified atom stereocenters. The number of ether oxygens (including phenoxy) is 1. The van der Waals surface area contributed by atoms with Crippen molar-refractivity contribution in [2.45, 2.75) is 38.1 Å². The molecule has 2 aliphatic rings. The molecule has 1 saturated carbocycles. The Morgan fingerprint density at radius 2 is 2.04 bits per heavy atom. The number of carbonyl (C=O) groups excluding carboxylic acids is 1. The SMILES string of the molecule is CN=C(NCCN(C)CCOC)NC1CCN(C(=O)C2CCCC2)C1. The first-order valence-electron chi connectivity index (χ1n) is 9.57. The van der Waals surface area contributed by atoms with Crippen LogP contribution in [0.4, 0.5) is 0 Å². The maximum absolute atomic E-state index is 12.5. The van der Waals surface area contributed by atoms with Gasteiger partial charge in [0.05, 0.1) is 6.61 Å². The molecule has 1 aliphatic carbocycles. The maximum Gasteiger partial charge on any atom is 0.225 e. The Hall–Kier alpha value is -1.34. The topological polar surface area (TPSA) is 69.2 Å². The molecule has 2 rings (SSSR count). The van der Waals surface area contributed by atoms with Crippen LogP contribution in [0.5, 0.6) is 0 Å². The minimum atomic E-state index is 0.277. The molecule has 1 aliphatic heterocycles. The minimum Gasteiger partial charge on any atom is -0.383 e. The first-order chi connectivity index (χ1) is 12.1. The van der Waals surface area contributed by atoms with Gasteiger partial charge in [-0.15, -0.1) is 0 Å². The Bertz CT molecular complexity index is 437. The van der Waals surface area contributed by atoms with Crippen LogP contribution in [0, 0.1) is 5.92 Å². The molecule has 1 atom stereocenters. The van der Waals surface area contributed by atoms with Crippen LogP contribution >= 0.6 is 0 Å². The third-order valence-electron chi connectivity index (χ3n) is 5.23. The number of rotatable bonds is 8. The van der Waals surface area contributed by atoms with Gasteiger partial charge in [0.1, 0.15) is 0 Å². The lowest BCUT2D eigenvalue weighted by molar-refractivity contribution is -0.134. The van der Waals surface area contributed by atoms with E-state index < -0.39 is 0 Å². The minimum absolute atomic E-state index is 0.277. The third kappa shape index (κ3) is 6.47. The molecule has 0 aromatic heterocycles. The van der Waals surface area contributed by atoms with Gasteiger partial charge in [-0.2, -0.15) is 0 Å². The Kier molecular flexibility index (Phi) is 8.48. The summed E-state index contributed by atoms with van der Waals surface area (Å²) in [6, 6.07) is 0.294. The molecule has 25 heavy (non-hydrogen) atoms. The molecule has 0 radical (unpaired) electrons. The van der Waals surface area contributed by atoms with Gasteiger partial charge in [-0.1, -0.05) is 12.8 Å². The average Bonchev–Trinajstić information content (AvgIpc) is 3.30. The largest absolute Gasteiger partial charge is 0.383 e. The summed E-state index contributed by atoms with van der Waals surface area (Å²) in [7, 11) is 5.60. The van der Waals surface area contributed by atoms with Crippen LogP contribution in [0.1, 0.15) is 32.1 Å². The number of carbonyl (C=O) groups is 1. The van der Waals surface area contributed by atoms with E-state index in [0.717, 1.165) is 64.6 Å². The van der Waals surface area contributed by atoms with Gasteiger partial charge in [-0.25, -0.2) is 0 Å². The zero-order valence-corrected chi connectivity index (χ0v) is 16.1. The van der Waals surface area contributed by atoms with E-state index >= 15 is 0 Å². The van der Waals surface area contributed by atoms with E-state index in [1.807, 2.05) is 4.90 Å². The Morgan fingerprint density at radius 3 is 2.72 bits per heavy atom. The predicted octanol–water partition coefficient (Wildman–Crippen LogP) is 0.521. The molecule has 7 heteroatoms. The van der Waals surface area contributed by atoms with E-state index in [1.54, 1.807) is 14.2 Å². The zero-order chi connectivity index (χ0) is 18.1. The van der Waals surface area contributed by atoms with Crippen molar-refractivity contribution >= 4 is 11.9 Å². The predicted molar refractivity (Wildman–Crippen MR) is 101 cm³/mol. The smallest absolute Gasteiger partial charge is 0.225 e. The van der Waals surface area contributed by atoms with Gasteiger partial charge in [-0.3, -0.25) is 9.79 Å². The molecule has 2 fully saturated rings. The molecule has 0 aromatic rings. The molecule has 1 amide bonds. The van der Waals surface area contributed by atoms with Gasteiger partial charge < -0.3 is 25.2 Å². The number of likely N-dealkylation sites (N-methyl/N-ethyl adjacent to an activating group) is 1. The average molecular weight is 354 g/mol. The zero-order valence-electron chi connectivity index (χ0n) is 16.1. The molecule has 0 spiro atoms. The summed E-state index contributed by atoms with van der Waals surface area (Å²) in [4.78, 5) is 21.1. The van der Waals surface area contributed by atoms with Crippen LogP contribution < -0.4 is 10.6 Å². The standard InChI is InChI=1S/C18H35N5O2/c1-19-18(20-9-11-22(2)12-13-25-3)21-16-8-10-23(14-16)17(24)15-6-4-5-7-15/h15-16H,4-14H2,1-3H3,(H2,19,20,21). The fourth-order valence-electron chi connectivity index (χ4n) is 3.62. The number of hydrogen-bond acceptors (Lipinski definition) is 4. The number of aliphatic imine (C=N–C) groups is 1. The Morgan fingerprint density at radius 1 is 1.28 bits per heavy atom. The lowest BCUT2D eigenvalue weighted by Crippen LogP contribution is -2.47. The van der Waals surface area contributed by atoms with Gasteiger partial charge in [0.15, 0.2) is 5.96 Å². The van der Waals surface area contributed by atoms with Crippen LogP contribution in [0.15, 0.2) is 4.99 Å². The highest BCUT2D eigenvalue weighted by Gasteiger charge is 2.32. The van der Waals surface area contributed by atoms with Gasteiger partial charge in [0.25, 0.3) is 0 Å². The molecular formula is C18H35N5O2. The first kappa shape index (κ1) is 20.0. The van der Waals surface area contributed by atoms with Crippen molar-refractivity contribution < 1.29 is 9.53 Å². The van der Waals surface area contributed by atoms with Gasteiger partial charge in [0.2, 0.25) is 5.91 Å². The molecular weight excluding hydrogens is 318 g/mol. The number of nitrogens with zero attached hydrogens (tertiary/aromatic N) is 3. The third-order valence-corrected chi connectivity index (χ3v) is 5.23. The summed E-state index contributed by atoms with van der Waals surface area (Å²) in [5.41, 5.74) is 0. The number of guanidine groups is 1. The second-order valence-corrected chi connectivity index (χ2v) is 7.19. The monoisotopic (exact) mass is 353 g/mol. The first-order valence-corrected chi connectivity index (χ1v) is 9.57. The molecule has 1 saturated heterocycles. The summed E-state index contributed by atoms with van der Waals surface area (Å²) in [5.74, 6) is 1.46. The lowest BCUT2D eigenvalue weighted by atomic mass is 10.1. The molecule has 1 heterocycles. The second-order valence-electron chi connectivity index (χ2n) is 7.19. The van der Waals surface area contributed by atoms with Crippen LogP contribution in [-0.4, -0.2) is 88.2 Å². The van der Waals surface area contributed by atoms with Crippen molar-refractivity contribution in [1.29, 1.82) is 0 Å². The van der Waals surface area contributed by atoms with Crippen LogP contribution in [0.2, 0.25) is 0 Å². The molecule has 7 nitrogen and oxygen atoms in total. The lowest BCUT2D eigenvalue weighted by Gasteiger charge is -2.22. The number of nitrogens with one attached hydrogen (secondary N) is 2. The molecule has 0 aromatic carbocycles. The fourth-order valence-corrected chi connectivity index (χ4v) is 3.62. The van der Waals surface area contributed by atoms with Crippen molar-refractivity contribution in [1.82, 2.24) is 20.4 Å². The van der Waals surface area contributed by atoms with E-state index in [9.17, 15) is 4.79 Å². The van der Waals surface area contributed by atoms with Crippen LogP contribution in [-0.2, 0) is 9.53 Å². The van der Waals surface area contributed by atoms with Crippen molar-refractivity contribution in [2.24, 2.45) is 10.9 Å². The Balaban J connectivity index is 1.67. The van der Waals surface area contributed by atoms with Crippen molar-refractivity contribution in [2.75, 3.05) is 60.5 Å². The van der Waals surface area contributed by atoms with E-state index in [4.69, 9.17) is 4.74 Å². The number of amides is 1. The van der Waals surface area contributed by atoms with Crippen molar-refractivity contribution in [3.05, 3.63) is 0 Å². The van der Waals surface area contributed by atoms with Crippen LogP contribution in [0.25, 0.3) is 0 Å². The quantitative estimate of drug-likeness (QED) is 0.492. The van der Waals surface area contributed by atoms with E-state index in [2.05, 4.69) is 27.6 Å². The highest BCUT2D eigenvalue weighted by Crippen LogP contribution is 2.27. The van der Waals surface area contributed by atoms with E-state index in [1.165, 1.54) is 12.8 Å². The Labute approximate surface area is 152 Å². The van der Waals surface area contributed by atoms with Crippen molar-refractivity contribution in [3.63, 3.8) is 0 Å². The van der Waals surface area contributed by atoms with Gasteiger partial charge in [0, 0.05) is 58.8 Å². The highest BCUT2D eigenvalue weighted by atomic mass is 16.5. The summed E-state index contributed by atoms with van der Waals surface area (Å²) in [5, 5.41) is 6.82. The normalized spacial score (nSPS) is 22.0. The maximum atomic E-state index is 12.5. The number of likely N-dealkylation sites (tertiary alicyclic amines) is 1. The summed E-state index contributed by atoms with van der Waals surface area (Å²) in [6.45, 7) is 5.09. The van der Waals surface area contributed by atoms with Gasteiger partial charge in [-0.05, 0) is 26.3 Å². The fraction of sp³-hybridized carbons (Fsp3) is 0.889. The summed E-state index contributed by atoms with van der Waals surface area (Å²) >= 11 is 0. The second kappa shape index (κ2) is 10.6. The van der Waals surface area contributed by atoms with E-state index in [0.29, 0.717) is 11.9 Å². The summed E-state index contributed by atoms with van der Waals surface area (Å²) < 4.78 is 5.09. The van der Waals surface area contributed by atoms with Crippen molar-refractivity contribution in [3.8, 4) is 0 Å². The molecule has 144 valence electrons. The van der Waals surface area contributed by atoms with Crippen LogP contribution in [0.3, 0.4) is 0 Å². The highest BCUT2D eigenvalue weighted by molar-refractivity contribution is 5.81. The number of hydrogen-bond donors (Lipinski definition) is 2. The summed E-state index contributed by atoms with van der Waals surface area (Å²) in [6.07, 6.45) is 5.57. The number of methoxy groups -OCH3 is 1. The van der Waals surface area contributed by atoms with Gasteiger partial charge >= 0.3 is 0 Å². The molecule has 2 N–H and O–H groups in total. The molecule has 0 bridgehead atoms. The van der Waals surface area contributed by atoms with E-state index in [-0.39, 0.29) is 5.92 Å².